The predicted octanol–water partition coefficient (Wildman–Crippen LogP) is 5.61. The molecule has 184 valence electrons. The van der Waals surface area contributed by atoms with Crippen LogP contribution in [0.1, 0.15) is 57.5 Å². The van der Waals surface area contributed by atoms with Crippen molar-refractivity contribution in [1.82, 2.24) is 5.32 Å². The lowest BCUT2D eigenvalue weighted by Crippen LogP contribution is -2.56. The number of benzene rings is 4. The first-order valence-corrected chi connectivity index (χ1v) is 12.7. The van der Waals surface area contributed by atoms with Gasteiger partial charge in [-0.1, -0.05) is 72.8 Å². The molecule has 2 fully saturated rings. The maximum absolute atomic E-state index is 13.3. The van der Waals surface area contributed by atoms with E-state index in [1.165, 1.54) is 21.9 Å². The average Bonchev–Trinajstić information content (AvgIpc) is 3.48. The molecular weight excluding hydrogens is 462 g/mol. The molecule has 0 radical (unpaired) electrons. The Labute approximate surface area is 215 Å². The van der Waals surface area contributed by atoms with Crippen molar-refractivity contribution in [3.8, 4) is 0 Å². The molecule has 7 rings (SSSR count). The van der Waals surface area contributed by atoms with Gasteiger partial charge in [0.1, 0.15) is 0 Å². The molecule has 2 heterocycles. The van der Waals surface area contributed by atoms with Gasteiger partial charge in [-0.15, -0.1) is 0 Å². The van der Waals surface area contributed by atoms with Crippen LogP contribution in [-0.4, -0.2) is 35.2 Å². The van der Waals surface area contributed by atoms with Crippen LogP contribution in [0.5, 0.6) is 0 Å². The van der Waals surface area contributed by atoms with E-state index < -0.39 is 35.2 Å². The van der Waals surface area contributed by atoms with Crippen molar-refractivity contribution in [3.05, 3.63) is 119 Å². The highest BCUT2D eigenvalue weighted by atomic mass is 16.6. The van der Waals surface area contributed by atoms with Crippen molar-refractivity contribution >= 4 is 22.7 Å². The third-order valence-corrected chi connectivity index (χ3v) is 8.75. The number of fused-ring (bicyclic) bond motifs is 7. The summed E-state index contributed by atoms with van der Waals surface area (Å²) in [5.41, 5.74) is 2.18. The lowest BCUT2D eigenvalue weighted by atomic mass is 9.64. The van der Waals surface area contributed by atoms with Crippen molar-refractivity contribution in [3.63, 3.8) is 0 Å². The van der Waals surface area contributed by atoms with Gasteiger partial charge in [0.15, 0.2) is 12.2 Å². The molecule has 2 saturated heterocycles. The molecule has 0 aromatic heterocycles. The van der Waals surface area contributed by atoms with Gasteiger partial charge in [-0.2, -0.15) is 0 Å². The van der Waals surface area contributed by atoms with Gasteiger partial charge in [-0.3, -0.25) is 5.32 Å². The minimum absolute atomic E-state index is 0.0684. The summed E-state index contributed by atoms with van der Waals surface area (Å²) in [7, 11) is 0. The molecule has 0 spiro atoms. The highest BCUT2D eigenvalue weighted by Gasteiger charge is 2.75. The van der Waals surface area contributed by atoms with Crippen molar-refractivity contribution in [1.29, 1.82) is 0 Å². The number of ether oxygens (including phenoxy) is 2. The first kappa shape index (κ1) is 22.3. The van der Waals surface area contributed by atoms with E-state index in [-0.39, 0.29) is 11.8 Å². The van der Waals surface area contributed by atoms with Crippen molar-refractivity contribution in [2.24, 2.45) is 0 Å². The van der Waals surface area contributed by atoms with Crippen LogP contribution in [-0.2, 0) is 9.47 Å². The second-order valence-electron chi connectivity index (χ2n) is 10.8. The van der Waals surface area contributed by atoms with Gasteiger partial charge in [-0.25, -0.2) is 9.59 Å². The first-order chi connectivity index (χ1) is 17.9. The molecule has 37 heavy (non-hydrogen) atoms. The molecule has 4 aromatic carbocycles. The fourth-order valence-electron chi connectivity index (χ4n) is 7.36. The molecule has 0 amide bonds. The number of esters is 2. The summed E-state index contributed by atoms with van der Waals surface area (Å²) in [5, 5.41) is 6.29. The second kappa shape index (κ2) is 7.77. The average molecular weight is 490 g/mol. The fraction of sp³-hybridized carbons (Fsp3) is 0.250. The predicted molar refractivity (Wildman–Crippen MR) is 141 cm³/mol. The fourth-order valence-corrected chi connectivity index (χ4v) is 7.36. The molecule has 2 aliphatic heterocycles. The van der Waals surface area contributed by atoms with Crippen molar-refractivity contribution in [2.45, 2.75) is 49.0 Å². The Bertz CT molecular complexity index is 1440. The molecule has 1 aliphatic carbocycles. The van der Waals surface area contributed by atoms with Crippen LogP contribution in [0.25, 0.3) is 10.8 Å². The highest BCUT2D eigenvalue weighted by Crippen LogP contribution is 2.66. The van der Waals surface area contributed by atoms with E-state index >= 15 is 0 Å². The molecule has 0 saturated carbocycles. The zero-order chi connectivity index (χ0) is 25.4. The van der Waals surface area contributed by atoms with Crippen LogP contribution in [0.3, 0.4) is 0 Å². The van der Waals surface area contributed by atoms with Crippen LogP contribution in [0, 0.1) is 0 Å². The zero-order valence-corrected chi connectivity index (χ0v) is 20.7. The number of rotatable bonds is 4. The largest absolute Gasteiger partial charge is 0.453 e. The van der Waals surface area contributed by atoms with E-state index in [0.717, 1.165) is 0 Å². The molecule has 2 bridgehead atoms. The zero-order valence-electron chi connectivity index (χ0n) is 20.7. The Morgan fingerprint density at radius 1 is 0.622 bits per heavy atom. The molecule has 1 N–H and O–H groups in total. The Kier molecular flexibility index (Phi) is 4.67. The van der Waals surface area contributed by atoms with Gasteiger partial charge in [-0.05, 0) is 60.0 Å². The van der Waals surface area contributed by atoms with E-state index in [1.807, 2.05) is 36.4 Å². The molecule has 5 nitrogen and oxygen atoms in total. The number of hydrogen-bond acceptors (Lipinski definition) is 5. The highest BCUT2D eigenvalue weighted by molar-refractivity contribution is 5.94. The van der Waals surface area contributed by atoms with E-state index in [4.69, 9.17) is 9.47 Å². The molecular formula is C32H27NO4. The maximum atomic E-state index is 13.3. The van der Waals surface area contributed by atoms with Gasteiger partial charge in [0.25, 0.3) is 0 Å². The molecule has 5 heteroatoms. The second-order valence-corrected chi connectivity index (χ2v) is 10.8. The van der Waals surface area contributed by atoms with Crippen molar-refractivity contribution < 1.29 is 19.1 Å². The monoisotopic (exact) mass is 489 g/mol. The Morgan fingerprint density at radius 3 is 1.49 bits per heavy atom. The Morgan fingerprint density at radius 2 is 1.05 bits per heavy atom. The lowest BCUT2D eigenvalue weighted by Gasteiger charge is -2.44. The molecule has 6 atom stereocenters. The van der Waals surface area contributed by atoms with Gasteiger partial charge in [0.2, 0.25) is 0 Å². The third-order valence-electron chi connectivity index (χ3n) is 8.75. The van der Waals surface area contributed by atoms with Gasteiger partial charge in [0.05, 0.1) is 22.2 Å². The SMILES string of the molecule is CC12NC(C)(C(OC(=O)c3ccccc3)C1OC(=O)c1ccccc1)C1c3cccc4cccc(c34)C12. The van der Waals surface area contributed by atoms with E-state index in [0.29, 0.717) is 11.1 Å². The minimum Gasteiger partial charge on any atom is -0.453 e. The van der Waals surface area contributed by atoms with E-state index in [2.05, 4.69) is 55.6 Å². The summed E-state index contributed by atoms with van der Waals surface area (Å²) in [4.78, 5) is 26.7. The normalized spacial score (nSPS) is 30.8. The Balaban J connectivity index is 1.35. The quantitative estimate of drug-likeness (QED) is 0.378. The summed E-state index contributed by atoms with van der Waals surface area (Å²) < 4.78 is 12.5. The number of carbonyl (C=O) groups excluding carboxylic acids is 2. The Hall–Kier alpha value is -3.96. The molecule has 3 aliphatic rings. The molecule has 6 unspecified atom stereocenters. The minimum atomic E-state index is -0.677. The van der Waals surface area contributed by atoms with Crippen LogP contribution >= 0.6 is 0 Å². The van der Waals surface area contributed by atoms with Crippen molar-refractivity contribution in [2.75, 3.05) is 0 Å². The van der Waals surface area contributed by atoms with Crippen LogP contribution in [0.4, 0.5) is 0 Å². The smallest absolute Gasteiger partial charge is 0.338 e. The lowest BCUT2D eigenvalue weighted by molar-refractivity contribution is -0.0706. The van der Waals surface area contributed by atoms with Gasteiger partial charge < -0.3 is 9.47 Å². The number of hydrogen-bond donors (Lipinski definition) is 1. The number of nitrogens with one attached hydrogen (secondary N) is 1. The van der Waals surface area contributed by atoms with E-state index in [1.54, 1.807) is 24.3 Å². The van der Waals surface area contributed by atoms with Crippen LogP contribution in [0.15, 0.2) is 97.1 Å². The summed E-state index contributed by atoms with van der Waals surface area (Å²) in [5.74, 6) is -0.704. The number of carbonyl (C=O) groups is 2. The first-order valence-electron chi connectivity index (χ1n) is 12.7. The van der Waals surface area contributed by atoms with Crippen LogP contribution in [0.2, 0.25) is 0 Å². The van der Waals surface area contributed by atoms with Gasteiger partial charge >= 0.3 is 11.9 Å². The summed E-state index contributed by atoms with van der Waals surface area (Å²) in [6.07, 6.45) is -1.35. The topological polar surface area (TPSA) is 64.6 Å². The van der Waals surface area contributed by atoms with Crippen LogP contribution < -0.4 is 5.32 Å². The summed E-state index contributed by atoms with van der Waals surface area (Å²) in [6, 6.07) is 30.8. The third kappa shape index (κ3) is 3.01. The van der Waals surface area contributed by atoms with E-state index in [9.17, 15) is 9.59 Å². The molecule has 4 aromatic rings. The van der Waals surface area contributed by atoms with Gasteiger partial charge in [0, 0.05) is 11.8 Å². The summed E-state index contributed by atoms with van der Waals surface area (Å²) in [6.45, 7) is 4.22. The summed E-state index contributed by atoms with van der Waals surface area (Å²) >= 11 is 0. The standard InChI is InChI=1S/C32H27NO4/c1-31-25-22-17-9-15-19-16-10-18-23(24(19)22)26(25)32(2,33-31)28(37-30(35)21-13-7-4-8-14-21)27(31)36-29(34)20-11-5-3-6-12-20/h3-18,25-28,33H,1-2H3. The maximum Gasteiger partial charge on any atom is 0.338 e.